The lowest BCUT2D eigenvalue weighted by molar-refractivity contribution is -0.384. The third kappa shape index (κ3) is 9.23. The van der Waals surface area contributed by atoms with Crippen molar-refractivity contribution in [2.24, 2.45) is 5.41 Å². The Morgan fingerprint density at radius 3 is 2.06 bits per heavy atom. The summed E-state index contributed by atoms with van der Waals surface area (Å²) in [7, 11) is 0. The van der Waals surface area contributed by atoms with Crippen molar-refractivity contribution in [2.45, 2.75) is 124 Å². The summed E-state index contributed by atoms with van der Waals surface area (Å²) in [5.74, 6) is 1.06. The Morgan fingerprint density at radius 1 is 0.882 bits per heavy atom. The van der Waals surface area contributed by atoms with E-state index in [1.165, 1.54) is 63.9 Å². The molecule has 1 aromatic heterocycles. The third-order valence-electron chi connectivity index (χ3n) is 7.09. The zero-order chi connectivity index (χ0) is 24.8. The summed E-state index contributed by atoms with van der Waals surface area (Å²) < 4.78 is 5.97. The summed E-state index contributed by atoms with van der Waals surface area (Å²) >= 11 is 0. The number of nitro benzene ring substituents is 1. The van der Waals surface area contributed by atoms with Crippen LogP contribution < -0.4 is 0 Å². The first-order valence-electron chi connectivity index (χ1n) is 13.6. The number of furan rings is 1. The number of nitrogens with zero attached hydrogens (tertiary/aromatic N) is 1. The van der Waals surface area contributed by atoms with Crippen LogP contribution in [0, 0.1) is 15.5 Å². The monoisotopic (exact) mass is 471 g/mol. The van der Waals surface area contributed by atoms with Crippen molar-refractivity contribution >= 4 is 22.4 Å². The van der Waals surface area contributed by atoms with Crippen molar-refractivity contribution in [3.63, 3.8) is 0 Å². The van der Waals surface area contributed by atoms with Gasteiger partial charge in [-0.1, -0.05) is 97.8 Å². The average molecular weight is 472 g/mol. The lowest BCUT2D eigenvalue weighted by atomic mass is 9.75. The fourth-order valence-electron chi connectivity index (χ4n) is 4.82. The number of unbranched alkanes of at least 4 members (excludes halogenated alkanes) is 11. The van der Waals surface area contributed by atoms with Crippen molar-refractivity contribution in [1.29, 1.82) is 0 Å². The predicted octanol–water partition coefficient (Wildman–Crippen LogP) is 9.35. The molecule has 0 saturated heterocycles. The van der Waals surface area contributed by atoms with Gasteiger partial charge in [-0.25, -0.2) is 0 Å². The highest BCUT2D eigenvalue weighted by atomic mass is 16.6. The van der Waals surface area contributed by atoms with Crippen LogP contribution in [-0.4, -0.2) is 10.7 Å². The molecule has 0 spiro atoms. The molecular formula is C29H45NO4. The number of benzene rings is 1. The van der Waals surface area contributed by atoms with E-state index in [-0.39, 0.29) is 5.69 Å². The molecule has 0 fully saturated rings. The minimum absolute atomic E-state index is 0.0566. The maximum absolute atomic E-state index is 13.3. The van der Waals surface area contributed by atoms with Crippen LogP contribution in [0.25, 0.3) is 11.0 Å². The number of carbonyl (C=O) groups excluding carboxylic acids is 1. The predicted molar refractivity (Wildman–Crippen MR) is 140 cm³/mol. The van der Waals surface area contributed by atoms with E-state index in [9.17, 15) is 14.9 Å². The van der Waals surface area contributed by atoms with Gasteiger partial charge in [0.25, 0.3) is 5.69 Å². The Balaban J connectivity index is 1.82. The molecule has 0 aliphatic carbocycles. The molecule has 1 heterocycles. The largest absolute Gasteiger partial charge is 0.461 e. The van der Waals surface area contributed by atoms with Crippen LogP contribution in [0.4, 0.5) is 5.69 Å². The van der Waals surface area contributed by atoms with Gasteiger partial charge in [-0.2, -0.15) is 0 Å². The molecule has 2 rings (SSSR count). The number of ketones is 1. The van der Waals surface area contributed by atoms with E-state index in [4.69, 9.17) is 4.42 Å². The number of Topliss-reactive ketones (excluding diaryl/α,β-unsaturated/α-hetero) is 1. The fraction of sp³-hybridized carbons (Fsp3) is 0.690. The average Bonchev–Trinajstić information content (AvgIpc) is 3.22. The van der Waals surface area contributed by atoms with Gasteiger partial charge < -0.3 is 4.42 Å². The fourth-order valence-corrected chi connectivity index (χ4v) is 4.82. The molecule has 0 aliphatic heterocycles. The SMILES string of the molecule is CCCCCCCCCCCCCC(=O)C(C)(CCCC)Cc1cc2cc([N+](=O)[O-])ccc2o1. The molecule has 5 nitrogen and oxygen atoms in total. The first-order chi connectivity index (χ1) is 16.4. The molecule has 5 heteroatoms. The van der Waals surface area contributed by atoms with Gasteiger partial charge in [0.15, 0.2) is 0 Å². The number of non-ortho nitro benzene ring substituents is 1. The summed E-state index contributed by atoms with van der Waals surface area (Å²) in [6, 6.07) is 6.51. The number of hydrogen-bond donors (Lipinski definition) is 0. The number of nitro groups is 1. The Morgan fingerprint density at radius 2 is 1.47 bits per heavy atom. The van der Waals surface area contributed by atoms with Crippen molar-refractivity contribution in [1.82, 2.24) is 0 Å². The summed E-state index contributed by atoms with van der Waals surface area (Å²) in [6.45, 7) is 6.47. The summed E-state index contributed by atoms with van der Waals surface area (Å²) in [5.41, 5.74) is 0.242. The molecule has 2 aromatic rings. The first-order valence-corrected chi connectivity index (χ1v) is 13.6. The number of rotatable bonds is 19. The summed E-state index contributed by atoms with van der Waals surface area (Å²) in [6.07, 6.45) is 18.1. The van der Waals surface area contributed by atoms with Crippen LogP contribution in [0.1, 0.15) is 123 Å². The van der Waals surface area contributed by atoms with E-state index in [0.29, 0.717) is 24.2 Å². The second-order valence-electron chi connectivity index (χ2n) is 10.2. The minimum Gasteiger partial charge on any atom is -0.461 e. The molecule has 0 amide bonds. The molecular weight excluding hydrogens is 426 g/mol. The topological polar surface area (TPSA) is 73.3 Å². The Kier molecular flexibility index (Phi) is 12.3. The highest BCUT2D eigenvalue weighted by Crippen LogP contribution is 2.34. The van der Waals surface area contributed by atoms with E-state index >= 15 is 0 Å². The normalized spacial score (nSPS) is 13.3. The summed E-state index contributed by atoms with van der Waals surface area (Å²) in [5, 5.41) is 11.8. The van der Waals surface area contributed by atoms with Gasteiger partial charge in [0.1, 0.15) is 17.1 Å². The maximum Gasteiger partial charge on any atom is 0.270 e. The van der Waals surface area contributed by atoms with E-state index in [1.54, 1.807) is 12.1 Å². The number of fused-ring (bicyclic) bond motifs is 1. The van der Waals surface area contributed by atoms with Gasteiger partial charge in [0, 0.05) is 35.8 Å². The van der Waals surface area contributed by atoms with Crippen molar-refractivity contribution in [3.05, 3.63) is 40.1 Å². The van der Waals surface area contributed by atoms with Crippen LogP contribution in [0.15, 0.2) is 28.7 Å². The van der Waals surface area contributed by atoms with E-state index < -0.39 is 10.3 Å². The molecule has 0 radical (unpaired) electrons. The molecule has 34 heavy (non-hydrogen) atoms. The maximum atomic E-state index is 13.3. The second kappa shape index (κ2) is 15.0. The standard InChI is InChI=1S/C29H45NO4/c1-4-6-8-9-10-11-12-13-14-15-16-17-28(31)29(3,20-7-5-2)23-26-22-24-21-25(30(32)33)18-19-27(24)34-26/h18-19,21-22H,4-17,20,23H2,1-3H3. The zero-order valence-electron chi connectivity index (χ0n) is 21.7. The van der Waals surface area contributed by atoms with Gasteiger partial charge in [-0.15, -0.1) is 0 Å². The molecule has 1 unspecified atom stereocenters. The molecule has 1 aromatic carbocycles. The zero-order valence-corrected chi connectivity index (χ0v) is 21.7. The van der Waals surface area contributed by atoms with Crippen LogP contribution in [-0.2, 0) is 11.2 Å². The Bertz CT molecular complexity index is 887. The minimum atomic E-state index is -0.450. The van der Waals surface area contributed by atoms with E-state index in [1.807, 2.05) is 6.07 Å². The van der Waals surface area contributed by atoms with Crippen LogP contribution >= 0.6 is 0 Å². The van der Waals surface area contributed by atoms with Gasteiger partial charge >= 0.3 is 0 Å². The first kappa shape index (κ1) is 28.1. The molecule has 0 aliphatic rings. The third-order valence-corrected chi connectivity index (χ3v) is 7.09. The number of carbonyl (C=O) groups is 1. The number of hydrogen-bond acceptors (Lipinski definition) is 4. The van der Waals surface area contributed by atoms with Crippen LogP contribution in [0.5, 0.6) is 0 Å². The quantitative estimate of drug-likeness (QED) is 0.116. The molecule has 0 bridgehead atoms. The second-order valence-corrected chi connectivity index (χ2v) is 10.2. The highest BCUT2D eigenvalue weighted by Gasteiger charge is 2.33. The van der Waals surface area contributed by atoms with E-state index in [0.717, 1.165) is 43.3 Å². The lowest BCUT2D eigenvalue weighted by Crippen LogP contribution is -2.30. The van der Waals surface area contributed by atoms with Gasteiger partial charge in [0.05, 0.1) is 4.92 Å². The van der Waals surface area contributed by atoms with Gasteiger partial charge in [-0.05, 0) is 25.0 Å². The molecule has 1 atom stereocenters. The van der Waals surface area contributed by atoms with Crippen LogP contribution in [0.2, 0.25) is 0 Å². The van der Waals surface area contributed by atoms with Crippen molar-refractivity contribution < 1.29 is 14.1 Å². The van der Waals surface area contributed by atoms with Crippen molar-refractivity contribution in [2.75, 3.05) is 0 Å². The van der Waals surface area contributed by atoms with Crippen molar-refractivity contribution in [3.8, 4) is 0 Å². The van der Waals surface area contributed by atoms with E-state index in [2.05, 4.69) is 20.8 Å². The molecule has 0 saturated carbocycles. The highest BCUT2D eigenvalue weighted by molar-refractivity contribution is 5.85. The Hall–Kier alpha value is -2.17. The molecule has 190 valence electrons. The molecule has 0 N–H and O–H groups in total. The van der Waals surface area contributed by atoms with Gasteiger partial charge in [0.2, 0.25) is 0 Å². The lowest BCUT2D eigenvalue weighted by Gasteiger charge is -2.27. The smallest absolute Gasteiger partial charge is 0.270 e. The Labute approximate surface area is 205 Å². The van der Waals surface area contributed by atoms with Gasteiger partial charge in [-0.3, -0.25) is 14.9 Å². The van der Waals surface area contributed by atoms with Crippen LogP contribution in [0.3, 0.4) is 0 Å². The summed E-state index contributed by atoms with van der Waals surface area (Å²) in [4.78, 5) is 23.9.